The van der Waals surface area contributed by atoms with Gasteiger partial charge in [0.15, 0.2) is 5.78 Å². The van der Waals surface area contributed by atoms with E-state index in [9.17, 15) is 4.79 Å². The maximum absolute atomic E-state index is 10.0. The van der Waals surface area contributed by atoms with Crippen molar-refractivity contribution in [2.75, 3.05) is 0 Å². The Bertz CT molecular complexity index is 1860. The predicted molar refractivity (Wildman–Crippen MR) is 171 cm³/mol. The molecule has 0 aliphatic heterocycles. The van der Waals surface area contributed by atoms with Crippen molar-refractivity contribution in [2.24, 2.45) is 0 Å². The van der Waals surface area contributed by atoms with Crippen LogP contribution >= 0.6 is 11.3 Å². The number of allylic oxidation sites excluding steroid dienone is 2. The third-order valence-electron chi connectivity index (χ3n) is 6.65. The molecule has 6 aromatic rings. The molecule has 0 bridgehead atoms. The van der Waals surface area contributed by atoms with E-state index in [2.05, 4.69) is 98.8 Å². The second-order valence-corrected chi connectivity index (χ2v) is 11.2. The van der Waals surface area contributed by atoms with Crippen LogP contribution in [0.25, 0.3) is 53.9 Å². The van der Waals surface area contributed by atoms with Crippen LogP contribution in [0.3, 0.4) is 0 Å². The van der Waals surface area contributed by atoms with Gasteiger partial charge in [-0.15, -0.1) is 29.0 Å². The van der Waals surface area contributed by atoms with E-state index in [-0.39, 0.29) is 31.6 Å². The minimum Gasteiger partial charge on any atom is -0.512 e. The van der Waals surface area contributed by atoms with Gasteiger partial charge in [0.25, 0.3) is 0 Å². The van der Waals surface area contributed by atoms with Crippen molar-refractivity contribution in [2.45, 2.75) is 33.6 Å². The van der Waals surface area contributed by atoms with E-state index in [1.54, 1.807) is 11.3 Å². The van der Waals surface area contributed by atoms with Crippen LogP contribution in [0.1, 0.15) is 39.2 Å². The molecule has 4 aromatic carbocycles. The van der Waals surface area contributed by atoms with E-state index in [1.165, 1.54) is 30.9 Å². The largest absolute Gasteiger partial charge is 0.512 e. The number of fused-ring (bicyclic) bond motifs is 2. The van der Waals surface area contributed by atoms with Crippen molar-refractivity contribution in [1.29, 1.82) is 0 Å². The number of carbonyl (C=O) groups excluding carboxylic acids is 1. The van der Waals surface area contributed by atoms with E-state index in [0.717, 1.165) is 48.6 Å². The van der Waals surface area contributed by atoms with E-state index in [1.807, 2.05) is 18.3 Å². The number of benzene rings is 4. The Labute approximate surface area is 264 Å². The molecule has 0 spiro atoms. The third kappa shape index (κ3) is 7.08. The first-order chi connectivity index (χ1) is 19.8. The van der Waals surface area contributed by atoms with Crippen molar-refractivity contribution < 1.29 is 30.0 Å². The van der Waals surface area contributed by atoms with Crippen molar-refractivity contribution >= 4 is 38.1 Å². The summed E-state index contributed by atoms with van der Waals surface area (Å²) in [6, 6.07) is 35.5. The van der Waals surface area contributed by atoms with E-state index in [0.29, 0.717) is 5.92 Å². The van der Waals surface area contributed by atoms with E-state index < -0.39 is 0 Å². The molecule has 0 aliphatic carbocycles. The number of aliphatic hydroxyl groups is 1. The van der Waals surface area contributed by atoms with E-state index in [4.69, 9.17) is 15.1 Å². The first-order valence-electron chi connectivity index (χ1n) is 13.5. The average Bonchev–Trinajstić information content (AvgIpc) is 3.41. The molecule has 2 aromatic heterocycles. The van der Waals surface area contributed by atoms with Gasteiger partial charge in [-0.2, -0.15) is 0 Å². The Kier molecular flexibility index (Phi) is 10.2. The summed E-state index contributed by atoms with van der Waals surface area (Å²) in [5.41, 5.74) is 7.66. The van der Waals surface area contributed by atoms with Crippen molar-refractivity contribution in [3.8, 4) is 33.0 Å². The first-order valence-corrected chi connectivity index (χ1v) is 14.4. The third-order valence-corrected chi connectivity index (χ3v) is 7.67. The summed E-state index contributed by atoms with van der Waals surface area (Å²) in [5.74, 6) is 0.395. The second kappa shape index (κ2) is 13.8. The molecule has 6 rings (SSSR count). The maximum atomic E-state index is 10.0. The van der Waals surface area contributed by atoms with Crippen LogP contribution in [-0.2, 0) is 24.9 Å². The fourth-order valence-corrected chi connectivity index (χ4v) is 5.68. The summed E-state index contributed by atoms with van der Waals surface area (Å²) in [5, 5.41) is 11.7. The molecule has 0 atom stereocenters. The second-order valence-electron chi connectivity index (χ2n) is 10.2. The van der Waals surface area contributed by atoms with Gasteiger partial charge in [-0.3, -0.25) is 9.78 Å². The number of rotatable bonds is 5. The first kappa shape index (κ1) is 31.0. The number of ketones is 1. The number of aromatic nitrogens is 2. The molecule has 0 aliphatic rings. The normalized spacial score (nSPS) is 11.2. The summed E-state index contributed by atoms with van der Waals surface area (Å²) in [6.45, 7) is 7.30. The zero-order valence-corrected chi connectivity index (χ0v) is 27.1. The van der Waals surface area contributed by atoms with Gasteiger partial charge in [-0.05, 0) is 58.1 Å². The molecule has 2 heterocycles. The van der Waals surface area contributed by atoms with Gasteiger partial charge < -0.3 is 10.1 Å². The van der Waals surface area contributed by atoms with Gasteiger partial charge >= 0.3 is 0 Å². The van der Waals surface area contributed by atoms with Crippen molar-refractivity contribution in [3.63, 3.8) is 0 Å². The van der Waals surface area contributed by atoms with Crippen LogP contribution in [0.4, 0.5) is 0 Å². The number of hydrogen-bond acceptors (Lipinski definition) is 5. The van der Waals surface area contributed by atoms with E-state index >= 15 is 0 Å². The van der Waals surface area contributed by atoms with Gasteiger partial charge in [-0.25, -0.2) is 0 Å². The van der Waals surface area contributed by atoms with Crippen LogP contribution < -0.4 is 0 Å². The summed E-state index contributed by atoms with van der Waals surface area (Å²) in [4.78, 5) is 19.9. The molecule has 0 unspecified atom stereocenters. The number of nitrogens with zero attached hydrogens (tertiary/aromatic N) is 2. The summed E-state index contributed by atoms with van der Waals surface area (Å²) in [6.07, 6.45) is 3.06. The molecule has 0 saturated heterocycles. The van der Waals surface area contributed by atoms with Gasteiger partial charge in [0.2, 0.25) is 0 Å². The Morgan fingerprint density at radius 2 is 1.57 bits per heavy atom. The molecular weight excluding hydrogens is 717 g/mol. The molecule has 4 nitrogen and oxygen atoms in total. The number of carbonyl (C=O) groups is 1. The summed E-state index contributed by atoms with van der Waals surface area (Å²) < 4.78 is 1.05. The van der Waals surface area contributed by atoms with Crippen molar-refractivity contribution in [1.82, 2.24) is 9.97 Å². The quantitative estimate of drug-likeness (QED) is 0.108. The Hall–Kier alpha value is -3.96. The van der Waals surface area contributed by atoms with Crippen LogP contribution in [0.15, 0.2) is 109 Å². The molecule has 0 amide bonds. The number of aliphatic hydroxyl groups excluding tert-OH is 1. The molecular formula is C36H31IrN2O2S-. The smallest absolute Gasteiger partial charge is 0.155 e. The minimum atomic E-state index is -0.125. The van der Waals surface area contributed by atoms with Crippen LogP contribution in [0.5, 0.6) is 0 Å². The molecule has 42 heavy (non-hydrogen) atoms. The van der Waals surface area contributed by atoms with Gasteiger partial charge in [-0.1, -0.05) is 98.3 Å². The SMILES string of the molecule is CC(=O)/C=C(/C)O.CC(C)c1ccc2ccnc(-c3[c-]c4sc(-c5ccccc5)nc4c(-c4ccccc4)c3)c2c1.[Ir]. The van der Waals surface area contributed by atoms with Gasteiger partial charge in [0.1, 0.15) is 5.01 Å². The Balaban J connectivity index is 0.000000454. The monoisotopic (exact) mass is 748 g/mol. The summed E-state index contributed by atoms with van der Waals surface area (Å²) in [7, 11) is 0. The Morgan fingerprint density at radius 1 is 0.905 bits per heavy atom. The molecule has 213 valence electrons. The molecule has 0 saturated carbocycles. The summed E-state index contributed by atoms with van der Waals surface area (Å²) >= 11 is 1.69. The van der Waals surface area contributed by atoms with Gasteiger partial charge in [0, 0.05) is 43.5 Å². The minimum absolute atomic E-state index is 0. The predicted octanol–water partition coefficient (Wildman–Crippen LogP) is 9.80. The molecule has 0 fully saturated rings. The van der Waals surface area contributed by atoms with Crippen LogP contribution in [0.2, 0.25) is 0 Å². The van der Waals surface area contributed by atoms with Crippen LogP contribution in [-0.4, -0.2) is 20.9 Å². The zero-order chi connectivity index (χ0) is 28.9. The average molecular weight is 748 g/mol. The van der Waals surface area contributed by atoms with Crippen molar-refractivity contribution in [3.05, 3.63) is 121 Å². The number of thiazole rings is 1. The molecule has 1 N–H and O–H groups in total. The number of hydrogen-bond donors (Lipinski definition) is 1. The topological polar surface area (TPSA) is 63.1 Å². The standard InChI is InChI=1S/C31H23N2S.C5H8O2.Ir/c1-20(2)24-14-13-22-15-16-32-29(26(22)17-24)25-18-27(21-9-5-3-6-10-21)30-28(19-25)34-31(33-30)23-11-7-4-8-12-23;1-4(6)3-5(2)7;/h3-18,20H,1-2H3;3,6H,1-2H3;/q-1;;/b;4-3-;. The fraction of sp³-hybridized carbons (Fsp3) is 0.139. The molecule has 1 radical (unpaired) electrons. The zero-order valence-electron chi connectivity index (χ0n) is 23.9. The number of pyridine rings is 1. The Morgan fingerprint density at radius 3 is 2.17 bits per heavy atom. The van der Waals surface area contributed by atoms with Crippen LogP contribution in [0, 0.1) is 6.07 Å². The maximum Gasteiger partial charge on any atom is 0.155 e. The molecule has 6 heteroatoms. The van der Waals surface area contributed by atoms with Gasteiger partial charge in [0.05, 0.1) is 5.76 Å². The fourth-order valence-electron chi connectivity index (χ4n) is 4.68.